The number of aliphatic hydroxyl groups excluding tert-OH is 3. The number of aromatic nitrogens is 24. The average molecular weight is 2030 g/mol. The van der Waals surface area contributed by atoms with Crippen molar-refractivity contribution in [1.29, 1.82) is 21.2 Å². The minimum atomic E-state index is -0.928. The van der Waals surface area contributed by atoms with Crippen LogP contribution in [0.25, 0.3) is 77.2 Å². The number of aliphatic hydroxyl groups is 3. The molecule has 17 aromatic heterocycles. The van der Waals surface area contributed by atoms with Crippen LogP contribution in [0.5, 0.6) is 0 Å². The first-order chi connectivity index (χ1) is 66.2. The number of β-amino-alcohol motifs (C(OH)–C–C–N with tert-alkyl or cyclic N) is 3. The van der Waals surface area contributed by atoms with Crippen molar-refractivity contribution in [3.8, 4) is 18.2 Å². The summed E-state index contributed by atoms with van der Waals surface area (Å²) in [7, 11) is 0. The monoisotopic (exact) mass is 2030 g/mol. The van der Waals surface area contributed by atoms with Gasteiger partial charge in [-0.15, -0.1) is 0 Å². The van der Waals surface area contributed by atoms with Gasteiger partial charge in [0.25, 0.3) is 11.1 Å². The highest BCUT2D eigenvalue weighted by atomic mass is 35.5. The van der Waals surface area contributed by atoms with Crippen molar-refractivity contribution >= 4 is 202 Å². The molecule has 0 unspecified atom stereocenters. The molecular formula is C85H90ClF4N37O8S5. The second-order valence-corrected chi connectivity index (χ2v) is 34.5. The number of hydrogen-bond donors (Lipinski definition) is 19. The molecule has 728 valence electrons. The SMILES string of the molecule is C.C.CCc1[nH]c2nc(Sc3cnc4c(N)nc(N)nc4c3)nc(N3CC(O)C3)c2c1Cl.CCc1cc2c(=O)[nH]c(=S)[nH]c2[nH]1.CCc1cc2c(=O)[nH]c(Sc3cnc(C#N)c(F)c3)nc2[nH]1.CCc1cc2c(N3CC(O)C3)nc(Sc3cnc(C#N)c(F)c3)nc2[nH]1.CCc1cc2c(N3CC(O)C3)nc(Sc3cnc4c(N)nc(N)nc4c3)nc2[nH]1.N#Cc1ncc(F)cc1F.N=C(N)N.O=COO.[HH]. The molecule has 140 heavy (non-hydrogen) atoms. The van der Waals surface area contributed by atoms with E-state index in [0.29, 0.717) is 147 Å². The number of carbonyl (C=O) groups is 1. The summed E-state index contributed by atoms with van der Waals surface area (Å²) in [6.07, 6.45) is 10.0. The topological polar surface area (TPSA) is 735 Å². The number of anilines is 7. The quantitative estimate of drug-likeness (QED) is 0.00588. The molecule has 0 atom stereocenters. The molecule has 0 aromatic carbocycles. The van der Waals surface area contributed by atoms with E-state index in [1.54, 1.807) is 30.6 Å². The van der Waals surface area contributed by atoms with Crippen molar-refractivity contribution in [2.24, 2.45) is 11.5 Å². The molecule has 45 nitrogen and oxygen atoms in total. The van der Waals surface area contributed by atoms with E-state index in [1.807, 2.05) is 61.8 Å². The lowest BCUT2D eigenvalue weighted by Crippen LogP contribution is -2.51. The predicted molar refractivity (Wildman–Crippen MR) is 526 cm³/mol. The first-order valence-electron chi connectivity index (χ1n) is 41.1. The van der Waals surface area contributed by atoms with E-state index < -0.39 is 23.3 Å². The van der Waals surface area contributed by atoms with Crippen LogP contribution in [0.1, 0.15) is 96.5 Å². The Labute approximate surface area is 818 Å². The van der Waals surface area contributed by atoms with Gasteiger partial charge in [-0.1, -0.05) is 61.1 Å². The van der Waals surface area contributed by atoms with Crippen LogP contribution in [-0.4, -0.2) is 210 Å². The molecule has 0 saturated carbocycles. The summed E-state index contributed by atoms with van der Waals surface area (Å²) in [5, 5.41) is 74.0. The standard InChI is InChI=1S/C18H18ClN9OS.C18H19N9OS.C17H15FN6OS.C14H10FN5OS.C8H9N3OS.C6H2F2N2.CH5N3.CH2O3.2CH4.H2/c1-2-9-12(19)11-15(23-9)26-18(27-16(11)28-5-7(29)6-28)30-8-3-10-13(22-4-8)14(20)25-17(21)24-10;1-2-8-3-11-15(22-8)25-18(26-16(11)27-6-9(28)7-27)29-10-4-12-13(21-5-10)14(19)24-17(20)23-12;1-2-9-3-12-15(21-9)22-17(23-16(12)24-7-10(25)8-24)26-11-4-13(18)14(5-19)20-6-11;1-2-7-3-9-12(18-7)19-14(20-13(9)21)22-8-4-10(15)11(5-16)17-6-8;1-2-4-3-5-6(9-4)10-8(13)11-7(5)12;7-4-1-5(8)6(2-9)10-3-4;2-1(3)4;2-1-4-3;;;/h3-4,7,29H,2,5-6H2,1H3,(H,23,26,27)(H4,20,21,24,25);3-5,9,28H,2,6-7H2,1H3,(H,22,25,26)(H4,19,20,23,24);3-4,6,10,25H,2,7-8H2,1H3,(H,21,22,23);3-4,6H,2H2,1H3,(H2,18,19,20,21);3H,2H2,1H3,(H3,9,10,11,12,13);1,3H;(H5,2,3,4);1,3H;2*1H4;1H. The molecule has 25 N–H and O–H groups in total. The average Bonchev–Trinajstić information content (AvgIpc) is 1.65. The van der Waals surface area contributed by atoms with Crippen LogP contribution >= 0.6 is 70.9 Å². The number of halogens is 5. The smallest absolute Gasteiger partial charge is 0.330 e. The lowest BCUT2D eigenvalue weighted by Gasteiger charge is -2.37. The van der Waals surface area contributed by atoms with Crippen LogP contribution < -0.4 is 60.2 Å². The summed E-state index contributed by atoms with van der Waals surface area (Å²) in [5.74, 6) is -0.456. The Morgan fingerprint density at radius 2 is 0.871 bits per heavy atom. The number of nitrogens with zero attached hydrogens (tertiary/aromatic N) is 22. The Balaban J connectivity index is 0.000000175. The van der Waals surface area contributed by atoms with E-state index >= 15 is 0 Å². The van der Waals surface area contributed by atoms with E-state index in [1.165, 1.54) is 65.9 Å². The maximum atomic E-state index is 13.8. The van der Waals surface area contributed by atoms with Gasteiger partial charge in [-0.2, -0.15) is 25.8 Å². The minimum Gasteiger partial charge on any atom is -0.389 e. The minimum absolute atomic E-state index is 0. The Morgan fingerprint density at radius 3 is 1.29 bits per heavy atom. The van der Waals surface area contributed by atoms with Crippen LogP contribution in [0.2, 0.25) is 5.02 Å². The third kappa shape index (κ3) is 25.4. The molecule has 20 heterocycles. The number of aryl methyl sites for hydroxylation is 5. The molecule has 55 heteroatoms. The Kier molecular flexibility index (Phi) is 35.2. The van der Waals surface area contributed by atoms with Gasteiger partial charge in [0.15, 0.2) is 77.5 Å². The lowest BCUT2D eigenvalue weighted by molar-refractivity contribution is -0.217. The van der Waals surface area contributed by atoms with E-state index in [9.17, 15) is 42.5 Å². The number of nitrogens with two attached hydrogens (primary N) is 6. The third-order valence-corrected chi connectivity index (χ3v) is 23.8. The zero-order chi connectivity index (χ0) is 99.0. The fourth-order valence-electron chi connectivity index (χ4n) is 13.3. The number of guanidine groups is 1. The fraction of sp³-hybridized carbons (Fsp3) is 0.247. The predicted octanol–water partition coefficient (Wildman–Crippen LogP) is 10.7. The summed E-state index contributed by atoms with van der Waals surface area (Å²) in [4.78, 5) is 136. The van der Waals surface area contributed by atoms with Gasteiger partial charge in [-0.05, 0) is 140 Å². The zero-order valence-corrected chi connectivity index (χ0v) is 77.7. The van der Waals surface area contributed by atoms with Gasteiger partial charge in [0.05, 0.1) is 67.5 Å². The van der Waals surface area contributed by atoms with Gasteiger partial charge in [0.2, 0.25) is 11.9 Å². The van der Waals surface area contributed by atoms with Gasteiger partial charge >= 0.3 is 6.47 Å². The molecule has 3 fully saturated rings. The molecular weight excluding hydrogens is 1940 g/mol. The van der Waals surface area contributed by atoms with Crippen LogP contribution in [0, 0.1) is 67.4 Å². The largest absolute Gasteiger partial charge is 0.389 e. The Morgan fingerprint density at radius 1 is 0.500 bits per heavy atom. The van der Waals surface area contributed by atoms with Crippen molar-refractivity contribution in [3.05, 3.63) is 185 Å². The molecule has 0 amide bonds. The highest BCUT2D eigenvalue weighted by Crippen LogP contribution is 2.41. The van der Waals surface area contributed by atoms with Crippen molar-refractivity contribution in [1.82, 2.24) is 120 Å². The summed E-state index contributed by atoms with van der Waals surface area (Å²) >= 11 is 16.4. The number of nitrogens with one attached hydrogen (secondary N) is 9. The van der Waals surface area contributed by atoms with Gasteiger partial charge in [-0.25, -0.2) is 92.6 Å². The summed E-state index contributed by atoms with van der Waals surface area (Å²) in [6, 6.07) is 19.2. The number of nitrogen functional groups attached to an aromatic ring is 4. The van der Waals surface area contributed by atoms with Crippen LogP contribution in [0.15, 0.2) is 135 Å². The Hall–Kier alpha value is -15.6. The van der Waals surface area contributed by atoms with Crippen LogP contribution in [-0.2, 0) is 41.8 Å². The van der Waals surface area contributed by atoms with Crippen molar-refractivity contribution in [2.75, 3.05) is 76.9 Å². The molecule has 3 saturated heterocycles. The fourth-order valence-corrected chi connectivity index (χ4v) is 16.9. The normalized spacial score (nSPS) is 12.5. The van der Waals surface area contributed by atoms with E-state index in [4.69, 9.17) is 88.0 Å². The van der Waals surface area contributed by atoms with E-state index in [2.05, 4.69) is 144 Å². The Bertz CT molecular complexity index is 7770. The first-order valence-corrected chi connectivity index (χ1v) is 45.1. The number of rotatable bonds is 17. The summed E-state index contributed by atoms with van der Waals surface area (Å²) in [5.41, 5.74) is 41.2. The van der Waals surface area contributed by atoms with Crippen molar-refractivity contribution in [2.45, 2.75) is 140 Å². The van der Waals surface area contributed by atoms with Crippen molar-refractivity contribution < 1.29 is 49.2 Å². The second-order valence-electron chi connectivity index (χ2n) is 29.5. The van der Waals surface area contributed by atoms with Gasteiger partial charge in [-0.3, -0.25) is 24.8 Å². The first kappa shape index (κ1) is 105. The van der Waals surface area contributed by atoms with Gasteiger partial charge in [0.1, 0.15) is 80.7 Å². The van der Waals surface area contributed by atoms with E-state index in [-0.39, 0.29) is 98.8 Å². The second kappa shape index (κ2) is 47.0. The molecule has 0 spiro atoms. The highest BCUT2D eigenvalue weighted by molar-refractivity contribution is 8.00. The van der Waals surface area contributed by atoms with Crippen LogP contribution in [0.3, 0.4) is 0 Å². The van der Waals surface area contributed by atoms with Gasteiger partial charge < -0.3 is 104 Å². The molecule has 0 aliphatic carbocycles. The molecule has 17 aromatic rings. The lowest BCUT2D eigenvalue weighted by atomic mass is 10.1. The number of carbonyl (C=O) groups excluding carboxylic acids is 1. The summed E-state index contributed by atoms with van der Waals surface area (Å²) in [6.45, 7) is 13.3. The third-order valence-electron chi connectivity index (χ3n) is 19.9. The molecule has 0 bridgehead atoms. The van der Waals surface area contributed by atoms with Crippen molar-refractivity contribution in [3.63, 3.8) is 0 Å². The van der Waals surface area contributed by atoms with Crippen LogP contribution in [0.4, 0.5) is 58.5 Å². The van der Waals surface area contributed by atoms with E-state index in [0.717, 1.165) is 122 Å². The summed E-state index contributed by atoms with van der Waals surface area (Å²) < 4.78 is 52.1. The van der Waals surface area contributed by atoms with Gasteiger partial charge in [0, 0.05) is 120 Å². The number of hydrogen-bond acceptors (Lipinski definition) is 40. The maximum Gasteiger partial charge on any atom is 0.330 e. The number of pyridine rings is 5. The number of fused-ring (bicyclic) bond motifs is 7. The molecule has 0 radical (unpaired) electrons. The molecule has 3 aliphatic heterocycles. The zero-order valence-electron chi connectivity index (χ0n) is 72.8. The maximum absolute atomic E-state index is 13.8. The number of aromatic amines is 8. The number of H-pyrrole nitrogens is 8. The molecule has 20 rings (SSSR count). The number of nitriles is 3. The molecule has 3 aliphatic rings. The highest BCUT2D eigenvalue weighted by Gasteiger charge is 2.33.